The molecule has 0 atom stereocenters. The average molecular weight is 167 g/mol. The molecule has 5 nitrogen and oxygen atoms in total. The first-order valence-electron chi connectivity index (χ1n) is 3.27. The summed E-state index contributed by atoms with van der Waals surface area (Å²) >= 11 is 0. The van der Waals surface area contributed by atoms with Crippen molar-refractivity contribution < 1.29 is 9.94 Å². The highest BCUT2D eigenvalue weighted by atomic mass is 16.5. The van der Waals surface area contributed by atoms with Gasteiger partial charge in [-0.15, -0.1) is 0 Å². The van der Waals surface area contributed by atoms with Crippen LogP contribution >= 0.6 is 0 Å². The predicted molar refractivity (Wildman–Crippen MR) is 43.3 cm³/mol. The smallest absolute Gasteiger partial charge is 0.213 e. The molecule has 0 saturated heterocycles. The van der Waals surface area contributed by atoms with Crippen LogP contribution < -0.4 is 10.5 Å². The van der Waals surface area contributed by atoms with Crippen molar-refractivity contribution in [3.63, 3.8) is 0 Å². The Morgan fingerprint density at radius 1 is 1.67 bits per heavy atom. The van der Waals surface area contributed by atoms with Gasteiger partial charge in [0.1, 0.15) is 5.69 Å². The van der Waals surface area contributed by atoms with Crippen LogP contribution in [0.4, 0.5) is 0 Å². The van der Waals surface area contributed by atoms with Gasteiger partial charge in [0, 0.05) is 6.07 Å². The number of methoxy groups -OCH3 is 1. The van der Waals surface area contributed by atoms with Crippen molar-refractivity contribution in [2.75, 3.05) is 7.11 Å². The fraction of sp³-hybridized carbons (Fsp3) is 0.143. The van der Waals surface area contributed by atoms with E-state index in [9.17, 15) is 0 Å². The first-order chi connectivity index (χ1) is 5.77. The van der Waals surface area contributed by atoms with Crippen LogP contribution in [0.15, 0.2) is 23.4 Å². The molecule has 12 heavy (non-hydrogen) atoms. The van der Waals surface area contributed by atoms with E-state index in [0.29, 0.717) is 11.6 Å². The molecule has 1 aromatic heterocycles. The summed E-state index contributed by atoms with van der Waals surface area (Å²) < 4.78 is 4.85. The topological polar surface area (TPSA) is 80.7 Å². The second-order valence-electron chi connectivity index (χ2n) is 2.05. The van der Waals surface area contributed by atoms with Gasteiger partial charge in [-0.1, -0.05) is 11.2 Å². The highest BCUT2D eigenvalue weighted by molar-refractivity contribution is 5.95. The summed E-state index contributed by atoms with van der Waals surface area (Å²) in [5, 5.41) is 11.1. The predicted octanol–water partition coefficient (Wildman–Crippen LogP) is 0.185. The van der Waals surface area contributed by atoms with E-state index < -0.39 is 0 Å². The summed E-state index contributed by atoms with van der Waals surface area (Å²) in [6.07, 6.45) is 0. The van der Waals surface area contributed by atoms with E-state index in [1.165, 1.54) is 7.11 Å². The molecular weight excluding hydrogens is 158 g/mol. The van der Waals surface area contributed by atoms with Crippen LogP contribution in [0.25, 0.3) is 0 Å². The van der Waals surface area contributed by atoms with E-state index in [2.05, 4.69) is 10.1 Å². The molecule has 1 rings (SSSR count). The lowest BCUT2D eigenvalue weighted by Crippen LogP contribution is -2.14. The molecule has 5 heteroatoms. The average Bonchev–Trinajstić information content (AvgIpc) is 2.17. The first kappa shape index (κ1) is 8.32. The van der Waals surface area contributed by atoms with E-state index in [4.69, 9.17) is 15.7 Å². The zero-order chi connectivity index (χ0) is 8.97. The molecule has 64 valence electrons. The van der Waals surface area contributed by atoms with Crippen molar-refractivity contribution in [2.45, 2.75) is 0 Å². The van der Waals surface area contributed by atoms with E-state index >= 15 is 0 Å². The molecule has 0 fully saturated rings. The quantitative estimate of drug-likeness (QED) is 0.285. The van der Waals surface area contributed by atoms with Crippen molar-refractivity contribution in [3.8, 4) is 5.88 Å². The van der Waals surface area contributed by atoms with Crippen LogP contribution in [-0.4, -0.2) is 23.1 Å². The largest absolute Gasteiger partial charge is 0.481 e. The number of aromatic nitrogens is 1. The molecule has 1 heterocycles. The normalized spacial score (nSPS) is 11.2. The molecule has 0 aliphatic heterocycles. The van der Waals surface area contributed by atoms with Gasteiger partial charge in [-0.3, -0.25) is 0 Å². The number of nitrogens with zero attached hydrogens (tertiary/aromatic N) is 2. The Labute approximate surface area is 69.5 Å². The SMILES string of the molecule is COc1cccc(/C(N)=N/O)n1. The highest BCUT2D eigenvalue weighted by Crippen LogP contribution is 2.05. The van der Waals surface area contributed by atoms with Gasteiger partial charge in [0.05, 0.1) is 7.11 Å². The van der Waals surface area contributed by atoms with Crippen molar-refractivity contribution in [2.24, 2.45) is 10.9 Å². The van der Waals surface area contributed by atoms with E-state index in [0.717, 1.165) is 0 Å². The van der Waals surface area contributed by atoms with Crippen molar-refractivity contribution >= 4 is 5.84 Å². The monoisotopic (exact) mass is 167 g/mol. The molecule has 1 aromatic rings. The summed E-state index contributed by atoms with van der Waals surface area (Å²) in [5.41, 5.74) is 5.69. The summed E-state index contributed by atoms with van der Waals surface area (Å²) in [4.78, 5) is 3.92. The number of oxime groups is 1. The molecule has 0 amide bonds. The van der Waals surface area contributed by atoms with Gasteiger partial charge in [-0.2, -0.15) is 0 Å². The lowest BCUT2D eigenvalue weighted by Gasteiger charge is -2.00. The van der Waals surface area contributed by atoms with Gasteiger partial charge in [-0.05, 0) is 6.07 Å². The molecule has 0 unspecified atom stereocenters. The van der Waals surface area contributed by atoms with Crippen LogP contribution in [0.1, 0.15) is 5.69 Å². The van der Waals surface area contributed by atoms with Gasteiger partial charge >= 0.3 is 0 Å². The van der Waals surface area contributed by atoms with Gasteiger partial charge in [0.2, 0.25) is 5.88 Å². The minimum Gasteiger partial charge on any atom is -0.481 e. The van der Waals surface area contributed by atoms with Gasteiger partial charge in [0.15, 0.2) is 5.84 Å². The van der Waals surface area contributed by atoms with Gasteiger partial charge in [0.25, 0.3) is 0 Å². The third-order valence-electron chi connectivity index (χ3n) is 1.30. The van der Waals surface area contributed by atoms with Crippen LogP contribution in [0.3, 0.4) is 0 Å². The van der Waals surface area contributed by atoms with Crippen LogP contribution in [-0.2, 0) is 0 Å². The molecular formula is C7H9N3O2. The van der Waals surface area contributed by atoms with E-state index in [1.807, 2.05) is 0 Å². The molecule has 0 aliphatic rings. The fourth-order valence-corrected chi connectivity index (χ4v) is 0.722. The summed E-state index contributed by atoms with van der Waals surface area (Å²) in [5.74, 6) is 0.396. The molecule has 0 saturated carbocycles. The van der Waals surface area contributed by atoms with E-state index in [1.54, 1.807) is 18.2 Å². The fourth-order valence-electron chi connectivity index (χ4n) is 0.722. The lowest BCUT2D eigenvalue weighted by atomic mass is 10.3. The zero-order valence-corrected chi connectivity index (χ0v) is 6.56. The molecule has 0 bridgehead atoms. The number of amidine groups is 1. The first-order valence-corrected chi connectivity index (χ1v) is 3.27. The summed E-state index contributed by atoms with van der Waals surface area (Å²) in [6, 6.07) is 5.00. The third-order valence-corrected chi connectivity index (χ3v) is 1.30. The molecule has 0 aromatic carbocycles. The van der Waals surface area contributed by atoms with Crippen LogP contribution in [0.5, 0.6) is 5.88 Å². The van der Waals surface area contributed by atoms with Crippen LogP contribution in [0, 0.1) is 0 Å². The van der Waals surface area contributed by atoms with Crippen LogP contribution in [0.2, 0.25) is 0 Å². The number of ether oxygens (including phenoxy) is 1. The summed E-state index contributed by atoms with van der Waals surface area (Å²) in [7, 11) is 1.50. The second kappa shape index (κ2) is 3.56. The van der Waals surface area contributed by atoms with Gasteiger partial charge in [-0.25, -0.2) is 4.98 Å². The molecule has 3 N–H and O–H groups in total. The number of hydrogen-bond acceptors (Lipinski definition) is 4. The standard InChI is InChI=1S/C7H9N3O2/c1-12-6-4-2-3-5(9-6)7(8)10-11/h2-4,11H,1H3,(H2,8,10). The Kier molecular flexibility index (Phi) is 2.47. The number of hydrogen-bond donors (Lipinski definition) is 2. The third kappa shape index (κ3) is 1.63. The summed E-state index contributed by atoms with van der Waals surface area (Å²) in [6.45, 7) is 0. The minimum absolute atomic E-state index is 0.0334. The zero-order valence-electron chi connectivity index (χ0n) is 6.56. The van der Waals surface area contributed by atoms with Gasteiger partial charge < -0.3 is 15.7 Å². The number of pyridine rings is 1. The minimum atomic E-state index is -0.0334. The number of nitrogens with two attached hydrogens (primary N) is 1. The van der Waals surface area contributed by atoms with Crippen molar-refractivity contribution in [1.82, 2.24) is 4.98 Å². The Morgan fingerprint density at radius 3 is 3.00 bits per heavy atom. The lowest BCUT2D eigenvalue weighted by molar-refractivity contribution is 0.318. The maximum Gasteiger partial charge on any atom is 0.213 e. The second-order valence-corrected chi connectivity index (χ2v) is 2.05. The molecule has 0 aliphatic carbocycles. The maximum atomic E-state index is 8.33. The Balaban J connectivity index is 3.02. The highest BCUT2D eigenvalue weighted by Gasteiger charge is 2.01. The van der Waals surface area contributed by atoms with Crippen molar-refractivity contribution in [1.29, 1.82) is 0 Å². The Bertz CT molecular complexity index is 298. The maximum absolute atomic E-state index is 8.33. The Morgan fingerprint density at radius 2 is 2.42 bits per heavy atom. The molecule has 0 radical (unpaired) electrons. The Hall–Kier alpha value is -1.78. The van der Waals surface area contributed by atoms with E-state index in [-0.39, 0.29) is 5.84 Å². The number of rotatable bonds is 2. The van der Waals surface area contributed by atoms with Crippen molar-refractivity contribution in [3.05, 3.63) is 23.9 Å². The molecule has 0 spiro atoms.